The molecule has 5 nitrogen and oxygen atoms in total. The average molecular weight is 429 g/mol. The zero-order chi connectivity index (χ0) is 21.8. The summed E-state index contributed by atoms with van der Waals surface area (Å²) in [4.78, 5) is 15.1. The van der Waals surface area contributed by atoms with Gasteiger partial charge in [0.1, 0.15) is 0 Å². The lowest BCUT2D eigenvalue weighted by atomic mass is 9.90. The summed E-state index contributed by atoms with van der Waals surface area (Å²) in [5.74, 6) is -1.83. The molecule has 166 valence electrons. The molecule has 7 heteroatoms. The lowest BCUT2D eigenvalue weighted by Crippen LogP contribution is -2.44. The Labute approximate surface area is 181 Å². The van der Waals surface area contributed by atoms with Crippen LogP contribution in [0.25, 0.3) is 0 Å². The monoisotopic (exact) mass is 428 g/mol. The minimum Gasteiger partial charge on any atom is -0.365 e. The molecule has 0 bridgehead atoms. The van der Waals surface area contributed by atoms with E-state index in [1.807, 2.05) is 38.1 Å². The van der Waals surface area contributed by atoms with E-state index in [0.29, 0.717) is 23.9 Å². The van der Waals surface area contributed by atoms with Gasteiger partial charge in [-0.15, -0.1) is 0 Å². The molecule has 2 aliphatic carbocycles. The van der Waals surface area contributed by atoms with E-state index in [1.54, 1.807) is 4.90 Å². The minimum absolute atomic E-state index is 0.133. The quantitative estimate of drug-likeness (QED) is 0.660. The van der Waals surface area contributed by atoms with Gasteiger partial charge in [0, 0.05) is 29.9 Å². The lowest BCUT2D eigenvalue weighted by molar-refractivity contribution is 0.0257. The predicted molar refractivity (Wildman–Crippen MR) is 116 cm³/mol. The van der Waals surface area contributed by atoms with E-state index >= 15 is 0 Å². The largest absolute Gasteiger partial charge is 0.365 e. The second-order valence-electron chi connectivity index (χ2n) is 9.95. The van der Waals surface area contributed by atoms with Gasteiger partial charge in [-0.2, -0.15) is 5.10 Å². The zero-order valence-electron chi connectivity index (χ0n) is 18.2. The van der Waals surface area contributed by atoms with Crippen molar-refractivity contribution in [3.05, 3.63) is 46.8 Å². The first-order valence-corrected chi connectivity index (χ1v) is 11.3. The topological polar surface area (TPSA) is 61.0 Å². The number of hydrogen-bond donors (Lipinski definition) is 2. The van der Waals surface area contributed by atoms with Crippen molar-refractivity contribution in [3.63, 3.8) is 0 Å². The van der Waals surface area contributed by atoms with Crippen LogP contribution >= 0.6 is 0 Å². The summed E-state index contributed by atoms with van der Waals surface area (Å²) in [5.41, 5.74) is 3.63. The molecule has 31 heavy (non-hydrogen) atoms. The number of carbonyl (C=O) groups is 1. The third-order valence-electron chi connectivity index (χ3n) is 6.87. The number of aryl methyl sites for hydroxylation is 1. The second kappa shape index (κ2) is 7.31. The number of benzene rings is 1. The molecule has 1 aromatic heterocycles. The molecule has 1 amide bonds. The van der Waals surface area contributed by atoms with Crippen LogP contribution in [0.4, 0.5) is 14.5 Å². The van der Waals surface area contributed by atoms with Crippen LogP contribution in [0.15, 0.2) is 24.3 Å². The summed E-state index contributed by atoms with van der Waals surface area (Å²) in [5, 5.41) is 10.6. The number of alkyl halides is 2. The molecule has 1 saturated heterocycles. The van der Waals surface area contributed by atoms with Gasteiger partial charge < -0.3 is 10.2 Å². The summed E-state index contributed by atoms with van der Waals surface area (Å²) in [6.45, 7) is 4.03. The number of nitrogens with one attached hydrogen (secondary N) is 2. The summed E-state index contributed by atoms with van der Waals surface area (Å²) >= 11 is 0. The highest BCUT2D eigenvalue weighted by atomic mass is 19.3. The Balaban J connectivity index is 1.42. The number of aromatic amines is 1. The maximum Gasteiger partial charge on any atom is 0.266 e. The van der Waals surface area contributed by atoms with Gasteiger partial charge in [0.15, 0.2) is 0 Å². The number of rotatable bonds is 7. The summed E-state index contributed by atoms with van der Waals surface area (Å²) in [6, 6.07) is 7.61. The molecule has 0 radical (unpaired) electrons. The summed E-state index contributed by atoms with van der Waals surface area (Å²) in [7, 11) is 0. The Kier molecular flexibility index (Phi) is 4.83. The molecule has 5 rings (SSSR count). The van der Waals surface area contributed by atoms with Crippen LogP contribution in [0.3, 0.4) is 0 Å². The SMILES string of the molecule is Cc1cc([C@](C)(CC2CC2)NC(=O)c2ccc(C3CC3)c(N3CCC(F)(F)C3)c2)n[nH]1. The molecule has 2 heterocycles. The molecule has 2 aromatic rings. The predicted octanol–water partition coefficient (Wildman–Crippen LogP) is 4.89. The highest BCUT2D eigenvalue weighted by Crippen LogP contribution is 2.46. The molecular formula is C24H30F2N4O. The Bertz CT molecular complexity index is 995. The van der Waals surface area contributed by atoms with E-state index in [9.17, 15) is 13.6 Å². The molecule has 0 unspecified atom stereocenters. The fourth-order valence-electron chi connectivity index (χ4n) is 4.78. The van der Waals surface area contributed by atoms with Crippen molar-refractivity contribution in [2.75, 3.05) is 18.0 Å². The van der Waals surface area contributed by atoms with E-state index in [0.717, 1.165) is 41.9 Å². The third kappa shape index (κ3) is 4.32. The fraction of sp³-hybridized carbons (Fsp3) is 0.583. The number of nitrogens with zero attached hydrogens (tertiary/aromatic N) is 2. The number of hydrogen-bond acceptors (Lipinski definition) is 3. The van der Waals surface area contributed by atoms with E-state index in [-0.39, 0.29) is 18.9 Å². The van der Waals surface area contributed by atoms with Crippen molar-refractivity contribution < 1.29 is 13.6 Å². The molecule has 2 N–H and O–H groups in total. The maximum atomic E-state index is 13.9. The van der Waals surface area contributed by atoms with Crippen LogP contribution in [0.5, 0.6) is 0 Å². The van der Waals surface area contributed by atoms with Crippen molar-refractivity contribution >= 4 is 11.6 Å². The smallest absolute Gasteiger partial charge is 0.266 e. The maximum absolute atomic E-state index is 13.9. The van der Waals surface area contributed by atoms with Crippen LogP contribution in [0.2, 0.25) is 0 Å². The normalized spacial score (nSPS) is 22.4. The average Bonchev–Trinajstić information content (AvgIpc) is 3.64. The standard InChI is InChI=1S/C24H30F2N4O/c1-15-11-21(29-28-15)23(2,13-16-3-4-16)27-22(31)18-7-8-19(17-5-6-17)20(12-18)30-10-9-24(25,26)14-30/h7-8,11-12,16-17H,3-6,9-10,13-14H2,1-2H3,(H,27,31)(H,28,29)/t23-/m0/s1. The zero-order valence-corrected chi connectivity index (χ0v) is 18.2. The first-order valence-electron chi connectivity index (χ1n) is 11.3. The number of carbonyl (C=O) groups excluding carboxylic acids is 1. The Morgan fingerprint density at radius 1 is 1.29 bits per heavy atom. The summed E-state index contributed by atoms with van der Waals surface area (Å²) < 4.78 is 27.8. The minimum atomic E-state index is -2.67. The van der Waals surface area contributed by atoms with Gasteiger partial charge in [0.05, 0.1) is 17.8 Å². The van der Waals surface area contributed by atoms with Crippen LogP contribution in [0, 0.1) is 12.8 Å². The van der Waals surface area contributed by atoms with Crippen LogP contribution in [-0.2, 0) is 5.54 Å². The van der Waals surface area contributed by atoms with E-state index in [4.69, 9.17) is 0 Å². The van der Waals surface area contributed by atoms with Crippen molar-refractivity contribution in [1.29, 1.82) is 0 Å². The van der Waals surface area contributed by atoms with Gasteiger partial charge in [-0.05, 0) is 68.7 Å². The highest BCUT2D eigenvalue weighted by Gasteiger charge is 2.41. The van der Waals surface area contributed by atoms with Gasteiger partial charge in [-0.1, -0.05) is 18.9 Å². The van der Waals surface area contributed by atoms with Gasteiger partial charge >= 0.3 is 0 Å². The van der Waals surface area contributed by atoms with Crippen molar-refractivity contribution in [2.24, 2.45) is 5.92 Å². The molecule has 0 spiro atoms. The number of aromatic nitrogens is 2. The number of amides is 1. The molecule has 1 aromatic carbocycles. The van der Waals surface area contributed by atoms with Gasteiger partial charge in [0.25, 0.3) is 11.8 Å². The Morgan fingerprint density at radius 2 is 2.06 bits per heavy atom. The van der Waals surface area contributed by atoms with E-state index in [2.05, 4.69) is 15.5 Å². The lowest BCUT2D eigenvalue weighted by Gasteiger charge is -2.30. The number of halogens is 2. The molecule has 3 fully saturated rings. The van der Waals surface area contributed by atoms with Gasteiger partial charge in [-0.25, -0.2) is 8.78 Å². The number of anilines is 1. The number of H-pyrrole nitrogens is 1. The van der Waals surface area contributed by atoms with E-state index in [1.165, 1.54) is 12.8 Å². The second-order valence-corrected chi connectivity index (χ2v) is 9.95. The summed E-state index contributed by atoms with van der Waals surface area (Å²) in [6.07, 6.45) is 5.23. The third-order valence-corrected chi connectivity index (χ3v) is 6.87. The van der Waals surface area contributed by atoms with E-state index < -0.39 is 11.5 Å². The molecule has 2 saturated carbocycles. The molecule has 1 atom stereocenters. The van der Waals surface area contributed by atoms with Crippen molar-refractivity contribution in [1.82, 2.24) is 15.5 Å². The van der Waals surface area contributed by atoms with Crippen molar-refractivity contribution in [2.45, 2.75) is 69.8 Å². The molecular weight excluding hydrogens is 398 g/mol. The first kappa shape index (κ1) is 20.5. The highest BCUT2D eigenvalue weighted by molar-refractivity contribution is 5.96. The molecule has 1 aliphatic heterocycles. The van der Waals surface area contributed by atoms with Crippen LogP contribution < -0.4 is 10.2 Å². The Morgan fingerprint density at radius 3 is 2.65 bits per heavy atom. The fourth-order valence-corrected chi connectivity index (χ4v) is 4.78. The first-order chi connectivity index (χ1) is 14.7. The van der Waals surface area contributed by atoms with Gasteiger partial charge in [-0.3, -0.25) is 9.89 Å². The van der Waals surface area contributed by atoms with Crippen molar-refractivity contribution in [3.8, 4) is 0 Å². The Hall–Kier alpha value is -2.44. The van der Waals surface area contributed by atoms with Crippen LogP contribution in [-0.4, -0.2) is 35.1 Å². The molecule has 3 aliphatic rings. The van der Waals surface area contributed by atoms with Crippen LogP contribution in [0.1, 0.15) is 78.7 Å². The van der Waals surface area contributed by atoms with Gasteiger partial charge in [0.2, 0.25) is 0 Å².